The molecule has 148 valence electrons. The maximum atomic E-state index is 12.8. The molecule has 2 aliphatic heterocycles. The van der Waals surface area contributed by atoms with E-state index in [-0.39, 0.29) is 17.9 Å². The molecule has 0 spiro atoms. The van der Waals surface area contributed by atoms with Crippen LogP contribution in [0.4, 0.5) is 5.69 Å². The van der Waals surface area contributed by atoms with Gasteiger partial charge in [0.2, 0.25) is 5.91 Å². The van der Waals surface area contributed by atoms with Crippen molar-refractivity contribution in [2.75, 3.05) is 38.1 Å². The van der Waals surface area contributed by atoms with Gasteiger partial charge in [0.25, 0.3) is 5.91 Å². The molecule has 1 fully saturated rings. The van der Waals surface area contributed by atoms with E-state index in [1.54, 1.807) is 17.1 Å². The molecule has 1 aromatic carbocycles. The quantitative estimate of drug-likeness (QED) is 0.806. The number of amides is 2. The number of hydrogen-bond donors (Lipinski definition) is 0. The second-order valence-corrected chi connectivity index (χ2v) is 7.75. The minimum atomic E-state index is 0.0105. The minimum absolute atomic E-state index is 0.0105. The number of likely N-dealkylation sites (tertiary alicyclic amines) is 1. The summed E-state index contributed by atoms with van der Waals surface area (Å²) in [4.78, 5) is 31.4. The van der Waals surface area contributed by atoms with Gasteiger partial charge in [-0.2, -0.15) is 5.10 Å². The first-order valence-corrected chi connectivity index (χ1v) is 9.89. The maximum absolute atomic E-state index is 12.8. The van der Waals surface area contributed by atoms with E-state index >= 15 is 0 Å². The number of aryl methyl sites for hydroxylation is 1. The predicted octanol–water partition coefficient (Wildman–Crippen LogP) is 1.55. The van der Waals surface area contributed by atoms with Crippen molar-refractivity contribution in [1.29, 1.82) is 0 Å². The molecule has 0 radical (unpaired) electrons. The van der Waals surface area contributed by atoms with Gasteiger partial charge in [-0.25, -0.2) is 0 Å². The highest BCUT2D eigenvalue weighted by Gasteiger charge is 2.30. The van der Waals surface area contributed by atoms with Crippen LogP contribution in [0.3, 0.4) is 0 Å². The first kappa shape index (κ1) is 18.7. The number of fused-ring (bicyclic) bond motifs is 1. The van der Waals surface area contributed by atoms with Crippen molar-refractivity contribution < 1.29 is 9.59 Å². The van der Waals surface area contributed by atoms with Crippen molar-refractivity contribution in [2.24, 2.45) is 7.05 Å². The number of benzene rings is 1. The molecule has 28 heavy (non-hydrogen) atoms. The predicted molar refractivity (Wildman–Crippen MR) is 107 cm³/mol. The SMILES string of the molecule is CN(C(=O)c1cnn(C)c1)C1CCN(CC(=O)N2CCc3ccccc32)CC1. The van der Waals surface area contributed by atoms with Gasteiger partial charge in [-0.05, 0) is 30.9 Å². The monoisotopic (exact) mass is 381 g/mol. The van der Waals surface area contributed by atoms with Gasteiger partial charge in [0.05, 0.1) is 18.3 Å². The van der Waals surface area contributed by atoms with E-state index in [0.29, 0.717) is 12.1 Å². The molecule has 0 bridgehead atoms. The molecule has 1 aromatic heterocycles. The molecule has 0 unspecified atom stereocenters. The molecule has 7 nitrogen and oxygen atoms in total. The van der Waals surface area contributed by atoms with Crippen LogP contribution in [0.15, 0.2) is 36.7 Å². The zero-order valence-corrected chi connectivity index (χ0v) is 16.5. The lowest BCUT2D eigenvalue weighted by molar-refractivity contribution is -0.120. The van der Waals surface area contributed by atoms with Crippen LogP contribution in [-0.2, 0) is 18.3 Å². The summed E-state index contributed by atoms with van der Waals surface area (Å²) < 4.78 is 1.64. The lowest BCUT2D eigenvalue weighted by Gasteiger charge is -2.36. The van der Waals surface area contributed by atoms with Crippen molar-refractivity contribution in [3.8, 4) is 0 Å². The molecule has 2 aromatic rings. The normalized spacial score (nSPS) is 17.6. The number of aromatic nitrogens is 2. The molecule has 7 heteroatoms. The number of nitrogens with zero attached hydrogens (tertiary/aromatic N) is 5. The van der Waals surface area contributed by atoms with E-state index in [1.807, 2.05) is 42.1 Å². The lowest BCUT2D eigenvalue weighted by atomic mass is 10.0. The van der Waals surface area contributed by atoms with E-state index in [0.717, 1.165) is 44.6 Å². The van der Waals surface area contributed by atoms with Crippen molar-refractivity contribution in [1.82, 2.24) is 19.6 Å². The molecule has 0 atom stereocenters. The Balaban J connectivity index is 1.30. The van der Waals surface area contributed by atoms with Crippen LogP contribution in [0, 0.1) is 0 Å². The fourth-order valence-corrected chi connectivity index (χ4v) is 4.24. The average Bonchev–Trinajstić information content (AvgIpc) is 3.34. The molecule has 2 aliphatic rings. The van der Waals surface area contributed by atoms with Gasteiger partial charge >= 0.3 is 0 Å². The summed E-state index contributed by atoms with van der Waals surface area (Å²) in [6.45, 7) is 2.88. The third-order valence-corrected chi connectivity index (χ3v) is 5.92. The molecular weight excluding hydrogens is 354 g/mol. The minimum Gasteiger partial charge on any atom is -0.339 e. The largest absolute Gasteiger partial charge is 0.339 e. The Labute approximate surface area is 165 Å². The van der Waals surface area contributed by atoms with Crippen molar-refractivity contribution in [2.45, 2.75) is 25.3 Å². The molecule has 0 saturated carbocycles. The maximum Gasteiger partial charge on any atom is 0.257 e. The molecule has 4 rings (SSSR count). The van der Waals surface area contributed by atoms with Crippen LogP contribution < -0.4 is 4.90 Å². The van der Waals surface area contributed by atoms with Crippen LogP contribution in [0.1, 0.15) is 28.8 Å². The Hall–Kier alpha value is -2.67. The zero-order chi connectivity index (χ0) is 19.7. The molecule has 2 amide bonds. The molecule has 3 heterocycles. The summed E-state index contributed by atoms with van der Waals surface area (Å²) in [5.74, 6) is 0.180. The Bertz CT molecular complexity index is 869. The second-order valence-electron chi connectivity index (χ2n) is 7.75. The van der Waals surface area contributed by atoms with Crippen LogP contribution in [0.2, 0.25) is 0 Å². The standard InChI is InChI=1S/C21H27N5O2/c1-23-14-17(13-22-23)21(28)24(2)18-8-10-25(11-9-18)15-20(27)26-12-7-16-5-3-4-6-19(16)26/h3-6,13-14,18H,7-12,15H2,1-2H3. The number of carbonyl (C=O) groups excluding carboxylic acids is 2. The zero-order valence-electron chi connectivity index (χ0n) is 16.5. The fraction of sp³-hybridized carbons (Fsp3) is 0.476. The number of piperidine rings is 1. The second kappa shape index (κ2) is 7.75. The Morgan fingerprint density at radius 2 is 1.93 bits per heavy atom. The topological polar surface area (TPSA) is 61.7 Å². The highest BCUT2D eigenvalue weighted by molar-refractivity contribution is 5.96. The molecule has 1 saturated heterocycles. The van der Waals surface area contributed by atoms with Crippen molar-refractivity contribution in [3.05, 3.63) is 47.8 Å². The summed E-state index contributed by atoms with van der Waals surface area (Å²) in [6, 6.07) is 8.35. The summed E-state index contributed by atoms with van der Waals surface area (Å²) in [5.41, 5.74) is 2.93. The molecular formula is C21H27N5O2. The summed E-state index contributed by atoms with van der Waals surface area (Å²) >= 11 is 0. The van der Waals surface area contributed by atoms with Gasteiger partial charge in [0, 0.05) is 51.7 Å². The van der Waals surface area contributed by atoms with Gasteiger partial charge in [-0.3, -0.25) is 19.2 Å². The van der Waals surface area contributed by atoms with Gasteiger partial charge in [0.1, 0.15) is 0 Å². The van der Waals surface area contributed by atoms with Crippen LogP contribution in [-0.4, -0.2) is 70.7 Å². The van der Waals surface area contributed by atoms with E-state index in [1.165, 1.54) is 5.56 Å². The fourth-order valence-electron chi connectivity index (χ4n) is 4.24. The molecule has 0 N–H and O–H groups in total. The average molecular weight is 381 g/mol. The van der Waals surface area contributed by atoms with E-state index in [9.17, 15) is 9.59 Å². The third-order valence-electron chi connectivity index (χ3n) is 5.92. The summed E-state index contributed by atoms with van der Waals surface area (Å²) in [5, 5.41) is 4.08. The van der Waals surface area contributed by atoms with Crippen LogP contribution >= 0.6 is 0 Å². The Morgan fingerprint density at radius 3 is 2.64 bits per heavy atom. The third kappa shape index (κ3) is 3.67. The summed E-state index contributed by atoms with van der Waals surface area (Å²) in [7, 11) is 3.67. The van der Waals surface area contributed by atoms with E-state index in [2.05, 4.69) is 16.1 Å². The smallest absolute Gasteiger partial charge is 0.257 e. The van der Waals surface area contributed by atoms with Crippen LogP contribution in [0.25, 0.3) is 0 Å². The van der Waals surface area contributed by atoms with Gasteiger partial charge in [-0.15, -0.1) is 0 Å². The Morgan fingerprint density at radius 1 is 1.18 bits per heavy atom. The number of carbonyl (C=O) groups is 2. The first-order chi connectivity index (χ1) is 13.5. The number of hydrogen-bond acceptors (Lipinski definition) is 4. The van der Waals surface area contributed by atoms with E-state index < -0.39 is 0 Å². The number of rotatable bonds is 4. The van der Waals surface area contributed by atoms with Crippen molar-refractivity contribution in [3.63, 3.8) is 0 Å². The lowest BCUT2D eigenvalue weighted by Crippen LogP contribution is -2.48. The van der Waals surface area contributed by atoms with Gasteiger partial charge in [-0.1, -0.05) is 18.2 Å². The van der Waals surface area contributed by atoms with Gasteiger partial charge < -0.3 is 9.80 Å². The highest BCUT2D eigenvalue weighted by Crippen LogP contribution is 2.27. The van der Waals surface area contributed by atoms with E-state index in [4.69, 9.17) is 0 Å². The number of anilines is 1. The number of para-hydroxylation sites is 1. The van der Waals surface area contributed by atoms with Crippen LogP contribution in [0.5, 0.6) is 0 Å². The Kier molecular flexibility index (Phi) is 5.17. The highest BCUT2D eigenvalue weighted by atomic mass is 16.2. The molecule has 0 aliphatic carbocycles. The first-order valence-electron chi connectivity index (χ1n) is 9.89. The van der Waals surface area contributed by atoms with Crippen molar-refractivity contribution >= 4 is 17.5 Å². The summed E-state index contributed by atoms with van der Waals surface area (Å²) in [6.07, 6.45) is 6.06. The van der Waals surface area contributed by atoms with Gasteiger partial charge in [0.15, 0.2) is 0 Å².